The summed E-state index contributed by atoms with van der Waals surface area (Å²) in [5, 5.41) is 107. The maximum absolute atomic E-state index is 13.9. The number of anilines is 1. The number of hydrogen-bond acceptors (Lipinski definition) is 16. The Balaban J connectivity index is 2.33. The molecule has 0 fully saturated rings. The largest absolute Gasteiger partial charge is 0.395 e. The fraction of sp³-hybridized carbons (Fsp3) is 0.500. The van der Waals surface area contributed by atoms with Gasteiger partial charge in [-0.15, -0.1) is 0 Å². The Morgan fingerprint density at radius 2 is 1.15 bits per heavy atom. The lowest BCUT2D eigenvalue weighted by Crippen LogP contribution is -2.50. The molecule has 0 aliphatic heterocycles. The average Bonchev–Trinajstić information content (AvgIpc) is 3.18. The van der Waals surface area contributed by atoms with Crippen molar-refractivity contribution in [2.24, 2.45) is 0 Å². The van der Waals surface area contributed by atoms with E-state index >= 15 is 0 Å². The van der Waals surface area contributed by atoms with Gasteiger partial charge in [-0.05, 0) is 148 Å². The number of amides is 5. The minimum atomic E-state index is -2.52. The molecule has 2 rings (SSSR count). The summed E-state index contributed by atoms with van der Waals surface area (Å²) in [5.74, 6) is -6.43. The second-order valence-electron chi connectivity index (χ2n) is 13.2. The molecule has 0 saturated carbocycles. The first-order valence-electron chi connectivity index (χ1n) is 17.7. The van der Waals surface area contributed by atoms with Crippen molar-refractivity contribution in [3.05, 3.63) is 49.7 Å². The Hall–Kier alpha value is -0.430. The standard InChI is InChI=1S/C34H44I6N6O15/c1-34(60,61)43-29-27(39)23(26(38)24(28(29)40)32(58)45(4-5-47)9-16(53)12-49)31(57)41-7-14(51)2-3-20(55)44-46(10-17(54)13-50)33(59)22-19(36)6-18(35)21(25(22)37)30(56)42-8-15(52)11-48/h6,14-17,43,47-54,60-61H,2-5,7-13H2,1H3,(H,41,57)(H,42,56)(H,44,55). The first kappa shape index (κ1) is 56.7. The Labute approximate surface area is 431 Å². The Morgan fingerprint density at radius 3 is 1.69 bits per heavy atom. The number of nitrogens with one attached hydrogen (secondary N) is 4. The second kappa shape index (κ2) is 26.6. The van der Waals surface area contributed by atoms with Gasteiger partial charge in [0.25, 0.3) is 23.6 Å². The van der Waals surface area contributed by atoms with Crippen LogP contribution in [0.3, 0.4) is 0 Å². The molecule has 4 unspecified atom stereocenters. The zero-order chi connectivity index (χ0) is 46.5. The molecule has 5 amide bonds. The molecule has 342 valence electrons. The van der Waals surface area contributed by atoms with Crippen LogP contribution in [0.15, 0.2) is 6.07 Å². The number of rotatable bonds is 22. The molecular weight excluding hydrogens is 1490 g/mol. The van der Waals surface area contributed by atoms with Crippen LogP contribution in [-0.2, 0) is 4.79 Å². The number of aliphatic hydroxyl groups is 10. The van der Waals surface area contributed by atoms with Gasteiger partial charge in [-0.25, -0.2) is 5.01 Å². The molecule has 4 atom stereocenters. The maximum Gasteiger partial charge on any atom is 0.274 e. The third-order valence-electron chi connectivity index (χ3n) is 8.05. The zero-order valence-electron chi connectivity index (χ0n) is 31.8. The summed E-state index contributed by atoms with van der Waals surface area (Å²) in [6, 6.07) is 1.53. The van der Waals surface area contributed by atoms with Gasteiger partial charge in [0.2, 0.25) is 11.8 Å². The molecule has 21 nitrogen and oxygen atoms in total. The number of hydrazine groups is 1. The summed E-state index contributed by atoms with van der Waals surface area (Å²) in [7, 11) is 0. The van der Waals surface area contributed by atoms with Crippen molar-refractivity contribution in [2.75, 3.05) is 64.5 Å². The summed E-state index contributed by atoms with van der Waals surface area (Å²) in [6.45, 7) is -3.50. The van der Waals surface area contributed by atoms with E-state index in [1.54, 1.807) is 90.4 Å². The smallest absolute Gasteiger partial charge is 0.274 e. The molecule has 2 aromatic rings. The third-order valence-corrected chi connectivity index (χ3v) is 14.1. The van der Waals surface area contributed by atoms with Crippen LogP contribution in [0, 0.1) is 21.4 Å². The van der Waals surface area contributed by atoms with E-state index in [-0.39, 0.29) is 68.3 Å². The molecule has 0 aliphatic carbocycles. The summed E-state index contributed by atoms with van der Waals surface area (Å²) in [4.78, 5) is 68.7. The summed E-state index contributed by atoms with van der Waals surface area (Å²) >= 11 is 10.8. The van der Waals surface area contributed by atoms with Crippen LogP contribution < -0.4 is 21.4 Å². The van der Waals surface area contributed by atoms with E-state index in [4.69, 9.17) is 5.11 Å². The summed E-state index contributed by atoms with van der Waals surface area (Å²) < 4.78 is 1.37. The first-order chi connectivity index (χ1) is 28.4. The molecule has 0 bridgehead atoms. The molecule has 61 heavy (non-hydrogen) atoms. The molecule has 0 aromatic heterocycles. The number of halogens is 6. The van der Waals surface area contributed by atoms with E-state index in [9.17, 15) is 69.9 Å². The molecule has 0 radical (unpaired) electrons. The van der Waals surface area contributed by atoms with Crippen molar-refractivity contribution < 1.29 is 75.0 Å². The van der Waals surface area contributed by atoms with Crippen LogP contribution in [0.2, 0.25) is 0 Å². The number of carbonyl (C=O) groups is 5. The molecule has 27 heteroatoms. The van der Waals surface area contributed by atoms with Gasteiger partial charge in [0.1, 0.15) is 0 Å². The van der Waals surface area contributed by atoms with E-state index in [2.05, 4.69) is 21.4 Å². The Morgan fingerprint density at radius 1 is 0.656 bits per heavy atom. The molecule has 2 aromatic carbocycles. The van der Waals surface area contributed by atoms with Gasteiger partial charge in [0.05, 0.1) is 92.5 Å². The van der Waals surface area contributed by atoms with Crippen molar-refractivity contribution in [2.45, 2.75) is 50.1 Å². The number of nitrogens with zero attached hydrogens (tertiary/aromatic N) is 2. The fourth-order valence-corrected chi connectivity index (χ4v) is 13.8. The topological polar surface area (TPSA) is 342 Å². The van der Waals surface area contributed by atoms with E-state index in [0.717, 1.165) is 16.8 Å². The number of carbonyl (C=O) groups excluding carboxylic acids is 5. The predicted octanol–water partition coefficient (Wildman–Crippen LogP) is -1.35. The van der Waals surface area contributed by atoms with Crippen LogP contribution in [-0.4, -0.2) is 180 Å². The van der Waals surface area contributed by atoms with Gasteiger partial charge in [0, 0.05) is 53.8 Å². The SMILES string of the molecule is CC(O)(O)Nc1c(I)c(C(=O)NCC(O)CCC(=O)NN(CC(O)CO)C(=O)c2c(I)cc(I)c(C(=O)NCC(O)CO)c2I)c(I)c(C(=O)N(CCO)CC(O)CO)c1I. The highest BCUT2D eigenvalue weighted by Crippen LogP contribution is 2.37. The second-order valence-corrected chi connectivity index (χ2v) is 19.8. The van der Waals surface area contributed by atoms with Crippen molar-refractivity contribution in [1.29, 1.82) is 0 Å². The predicted molar refractivity (Wildman–Crippen MR) is 267 cm³/mol. The van der Waals surface area contributed by atoms with Crippen molar-refractivity contribution in [3.63, 3.8) is 0 Å². The first-order valence-corrected chi connectivity index (χ1v) is 24.1. The number of hydrogen-bond donors (Lipinski definition) is 14. The molecule has 0 saturated heterocycles. The van der Waals surface area contributed by atoms with Gasteiger partial charge >= 0.3 is 0 Å². The quantitative estimate of drug-likeness (QED) is 0.0368. The van der Waals surface area contributed by atoms with Crippen LogP contribution in [0.4, 0.5) is 5.69 Å². The van der Waals surface area contributed by atoms with Gasteiger partial charge < -0.3 is 71.9 Å². The molecule has 14 N–H and O–H groups in total. The van der Waals surface area contributed by atoms with Gasteiger partial charge in [-0.3, -0.25) is 29.4 Å². The maximum atomic E-state index is 13.9. The lowest BCUT2D eigenvalue weighted by Gasteiger charge is -2.28. The Kier molecular flexibility index (Phi) is 24.8. The lowest BCUT2D eigenvalue weighted by molar-refractivity contribution is -0.126. The number of aliphatic hydroxyl groups excluding tert-OH is 8. The Bertz CT molecular complexity index is 1910. The van der Waals surface area contributed by atoms with Crippen molar-refractivity contribution >= 4 is 171 Å². The van der Waals surface area contributed by atoms with Crippen LogP contribution in [0.25, 0.3) is 0 Å². The van der Waals surface area contributed by atoms with E-state index in [0.29, 0.717) is 7.14 Å². The van der Waals surface area contributed by atoms with E-state index < -0.39 is 106 Å². The molecule has 0 aliphatic rings. The van der Waals surface area contributed by atoms with E-state index in [1.165, 1.54) is 6.07 Å². The minimum Gasteiger partial charge on any atom is -0.395 e. The van der Waals surface area contributed by atoms with Crippen molar-refractivity contribution in [1.82, 2.24) is 26.0 Å². The van der Waals surface area contributed by atoms with E-state index in [1.807, 2.05) is 45.2 Å². The average molecular weight is 1540 g/mol. The monoisotopic (exact) mass is 1540 g/mol. The molecule has 0 heterocycles. The molecular formula is C34H44I6N6O15. The van der Waals surface area contributed by atoms with Crippen LogP contribution in [0.5, 0.6) is 0 Å². The lowest BCUT2D eigenvalue weighted by atomic mass is 10.1. The van der Waals surface area contributed by atoms with Crippen LogP contribution in [0.1, 0.15) is 61.2 Å². The minimum absolute atomic E-state index is 0.0242. The highest BCUT2D eigenvalue weighted by molar-refractivity contribution is 14.1. The number of benzene rings is 2. The normalized spacial score (nSPS) is 13.5. The van der Waals surface area contributed by atoms with Gasteiger partial charge in [0.15, 0.2) is 0 Å². The summed E-state index contributed by atoms with van der Waals surface area (Å²) in [5.41, 5.74) is 2.15. The molecule has 0 spiro atoms. The van der Waals surface area contributed by atoms with Gasteiger partial charge in [-0.2, -0.15) is 0 Å². The summed E-state index contributed by atoms with van der Waals surface area (Å²) in [6.07, 6.45) is -6.14. The van der Waals surface area contributed by atoms with Crippen molar-refractivity contribution in [3.8, 4) is 0 Å². The highest BCUT2D eigenvalue weighted by atomic mass is 127. The zero-order valence-corrected chi connectivity index (χ0v) is 44.8. The highest BCUT2D eigenvalue weighted by Gasteiger charge is 2.33. The fourth-order valence-electron chi connectivity index (χ4n) is 5.11. The van der Waals surface area contributed by atoms with Gasteiger partial charge in [-0.1, -0.05) is 0 Å². The van der Waals surface area contributed by atoms with Crippen LogP contribution >= 0.6 is 136 Å². The third kappa shape index (κ3) is 16.7.